The van der Waals surface area contributed by atoms with Crippen molar-refractivity contribution in [2.24, 2.45) is 4.99 Å². The summed E-state index contributed by atoms with van der Waals surface area (Å²) >= 11 is 0. The van der Waals surface area contributed by atoms with Crippen molar-refractivity contribution in [1.29, 1.82) is 0 Å². The van der Waals surface area contributed by atoms with Crippen LogP contribution in [0, 0.1) is 0 Å². The average Bonchev–Trinajstić information content (AvgIpc) is 2.27. The molecule has 0 spiro atoms. The summed E-state index contributed by atoms with van der Waals surface area (Å²) in [5.41, 5.74) is 6.20. The first-order valence-electron chi connectivity index (χ1n) is 3.39. The van der Waals surface area contributed by atoms with E-state index in [2.05, 4.69) is 16.1 Å². The molecule has 0 unspecified atom stereocenters. The van der Waals surface area contributed by atoms with Crippen molar-refractivity contribution in [2.75, 3.05) is 6.54 Å². The molecule has 0 aromatic heterocycles. The van der Waals surface area contributed by atoms with Crippen LogP contribution in [0.25, 0.3) is 0 Å². The van der Waals surface area contributed by atoms with Gasteiger partial charge in [0.25, 0.3) is 0 Å². The van der Waals surface area contributed by atoms with Crippen LogP contribution in [0.5, 0.6) is 0 Å². The van der Waals surface area contributed by atoms with E-state index in [-0.39, 0.29) is 6.17 Å². The maximum atomic E-state index is 4.30. The summed E-state index contributed by atoms with van der Waals surface area (Å²) < 4.78 is 0. The molecule has 0 aromatic carbocycles. The van der Waals surface area contributed by atoms with Crippen molar-refractivity contribution in [3.63, 3.8) is 0 Å². The highest BCUT2D eigenvalue weighted by molar-refractivity contribution is 5.94. The minimum Gasteiger partial charge on any atom is -0.285 e. The fourth-order valence-corrected chi connectivity index (χ4v) is 1.13. The summed E-state index contributed by atoms with van der Waals surface area (Å²) in [4.78, 5) is 4.30. The van der Waals surface area contributed by atoms with Crippen molar-refractivity contribution in [2.45, 2.75) is 13.1 Å². The lowest BCUT2D eigenvalue weighted by Gasteiger charge is -2.17. The van der Waals surface area contributed by atoms with E-state index in [0.29, 0.717) is 0 Å². The van der Waals surface area contributed by atoms with Crippen LogP contribution in [0.2, 0.25) is 0 Å². The highest BCUT2D eigenvalue weighted by atomic mass is 15.6. The first-order chi connectivity index (χ1) is 4.86. The predicted octanol–water partition coefficient (Wildman–Crippen LogP) is 0.276. The van der Waals surface area contributed by atoms with Crippen molar-refractivity contribution < 1.29 is 0 Å². The Morgan fingerprint density at radius 3 is 3.60 bits per heavy atom. The zero-order valence-corrected chi connectivity index (χ0v) is 5.83. The Hall–Kier alpha value is -1.05. The van der Waals surface area contributed by atoms with E-state index in [1.54, 1.807) is 0 Å². The quantitative estimate of drug-likeness (QED) is 0.483. The van der Waals surface area contributed by atoms with Crippen LogP contribution < -0.4 is 5.43 Å². The van der Waals surface area contributed by atoms with E-state index in [0.717, 1.165) is 12.4 Å². The van der Waals surface area contributed by atoms with Gasteiger partial charge in [-0.2, -0.15) is 0 Å². The van der Waals surface area contributed by atoms with Crippen molar-refractivity contribution in [1.82, 2.24) is 10.4 Å². The van der Waals surface area contributed by atoms with Crippen molar-refractivity contribution in [3.8, 4) is 0 Å². The summed E-state index contributed by atoms with van der Waals surface area (Å²) in [5.74, 6) is 0.995. The number of hydrogen-bond acceptors (Lipinski definition) is 3. The Labute approximate surface area is 59.7 Å². The van der Waals surface area contributed by atoms with E-state index in [4.69, 9.17) is 0 Å². The number of amidine groups is 1. The van der Waals surface area contributed by atoms with Gasteiger partial charge in [0.2, 0.25) is 0 Å². The molecule has 0 bridgehead atoms. The Morgan fingerprint density at radius 2 is 2.80 bits per heavy atom. The van der Waals surface area contributed by atoms with Crippen molar-refractivity contribution >= 4 is 5.84 Å². The molecule has 0 radical (unpaired) electrons. The highest BCUT2D eigenvalue weighted by Crippen LogP contribution is 2.05. The topological polar surface area (TPSA) is 27.6 Å². The first-order valence-corrected chi connectivity index (χ1v) is 3.39. The average molecular weight is 135 g/mol. The number of nitrogens with zero attached hydrogens (tertiary/aromatic N) is 2. The second kappa shape index (κ2) is 1.97. The van der Waals surface area contributed by atoms with Gasteiger partial charge in [0.1, 0.15) is 12.0 Å². The van der Waals surface area contributed by atoms with Crippen LogP contribution in [0.15, 0.2) is 22.9 Å². The summed E-state index contributed by atoms with van der Waals surface area (Å²) in [6, 6.07) is 0. The van der Waals surface area contributed by atoms with Gasteiger partial charge in [-0.3, -0.25) is 5.01 Å². The summed E-state index contributed by atoms with van der Waals surface area (Å²) in [5, 5.41) is 2.02. The third-order valence-corrected chi connectivity index (χ3v) is 1.55. The largest absolute Gasteiger partial charge is 0.285 e. The van der Waals surface area contributed by atoms with Gasteiger partial charge in [0.15, 0.2) is 0 Å². The molecule has 3 heteroatoms. The van der Waals surface area contributed by atoms with Gasteiger partial charge in [-0.15, -0.1) is 5.73 Å². The van der Waals surface area contributed by atoms with Gasteiger partial charge in [-0.1, -0.05) is 0 Å². The number of aliphatic imine (C=N–C) groups is 1. The van der Waals surface area contributed by atoms with Gasteiger partial charge in [0, 0.05) is 6.08 Å². The first kappa shape index (κ1) is 5.71. The SMILES string of the molecule is C[C@@H]1N=C2C=C=CCN2N1. The molecule has 1 atom stereocenters. The Balaban J connectivity index is 2.30. The number of fused-ring (bicyclic) bond motifs is 1. The van der Waals surface area contributed by atoms with Crippen molar-refractivity contribution in [3.05, 3.63) is 17.9 Å². The molecule has 2 rings (SSSR count). The molecule has 1 N–H and O–H groups in total. The molecular formula is C7H9N3. The summed E-state index contributed by atoms with van der Waals surface area (Å²) in [7, 11) is 0. The van der Waals surface area contributed by atoms with Crippen LogP contribution in [-0.4, -0.2) is 23.6 Å². The molecule has 3 nitrogen and oxygen atoms in total. The molecule has 0 aliphatic carbocycles. The Bertz CT molecular complexity index is 235. The zero-order chi connectivity index (χ0) is 6.97. The molecule has 2 heterocycles. The van der Waals surface area contributed by atoms with Crippen LogP contribution in [0.1, 0.15) is 6.92 Å². The molecule has 0 fully saturated rings. The third kappa shape index (κ3) is 0.764. The van der Waals surface area contributed by atoms with Gasteiger partial charge in [-0.05, 0) is 13.0 Å². The van der Waals surface area contributed by atoms with Gasteiger partial charge >= 0.3 is 0 Å². The third-order valence-electron chi connectivity index (χ3n) is 1.55. The van der Waals surface area contributed by atoms with Gasteiger partial charge < -0.3 is 0 Å². The lowest BCUT2D eigenvalue weighted by molar-refractivity contribution is 0.333. The van der Waals surface area contributed by atoms with E-state index < -0.39 is 0 Å². The molecule has 2 aliphatic rings. The minimum absolute atomic E-state index is 0.222. The molecule has 0 saturated heterocycles. The van der Waals surface area contributed by atoms with Crippen LogP contribution in [-0.2, 0) is 0 Å². The minimum atomic E-state index is 0.222. The Kier molecular flexibility index (Phi) is 1.13. The monoisotopic (exact) mass is 135 g/mol. The standard InChI is InChI=1S/C7H9N3/c1-6-8-7-4-2-3-5-10(7)9-6/h3-4,6,9H,5H2,1H3/t6-/m1/s1. The summed E-state index contributed by atoms with van der Waals surface area (Å²) in [6.45, 7) is 2.90. The molecule has 0 amide bonds. The second-order valence-electron chi connectivity index (χ2n) is 2.42. The molecule has 0 saturated carbocycles. The molecule has 2 aliphatic heterocycles. The number of hydrogen-bond donors (Lipinski definition) is 1. The fraction of sp³-hybridized carbons (Fsp3) is 0.429. The predicted molar refractivity (Wildman–Crippen MR) is 39.4 cm³/mol. The number of nitrogens with one attached hydrogen (secondary N) is 1. The van der Waals surface area contributed by atoms with Crippen LogP contribution in [0.4, 0.5) is 0 Å². The second-order valence-corrected chi connectivity index (χ2v) is 2.42. The van der Waals surface area contributed by atoms with E-state index in [9.17, 15) is 0 Å². The number of rotatable bonds is 0. The van der Waals surface area contributed by atoms with Gasteiger partial charge in [0.05, 0.1) is 6.54 Å². The highest BCUT2D eigenvalue weighted by Gasteiger charge is 2.18. The molecule has 10 heavy (non-hydrogen) atoms. The normalized spacial score (nSPS) is 28.7. The maximum absolute atomic E-state index is 4.30. The lowest BCUT2D eigenvalue weighted by atomic mass is 10.4. The van der Waals surface area contributed by atoms with E-state index >= 15 is 0 Å². The maximum Gasteiger partial charge on any atom is 0.147 e. The van der Waals surface area contributed by atoms with Crippen LogP contribution >= 0.6 is 0 Å². The Morgan fingerprint density at radius 1 is 1.90 bits per heavy atom. The van der Waals surface area contributed by atoms with E-state index in [1.807, 2.05) is 24.1 Å². The molecule has 0 aromatic rings. The van der Waals surface area contributed by atoms with Crippen LogP contribution in [0.3, 0.4) is 0 Å². The van der Waals surface area contributed by atoms with E-state index in [1.165, 1.54) is 0 Å². The molecule has 52 valence electrons. The zero-order valence-electron chi connectivity index (χ0n) is 5.83. The summed E-state index contributed by atoms with van der Waals surface area (Å²) in [6.07, 6.45) is 4.09. The smallest absolute Gasteiger partial charge is 0.147 e. The lowest BCUT2D eigenvalue weighted by Crippen LogP contribution is -2.39. The molecular weight excluding hydrogens is 126 g/mol. The fourth-order valence-electron chi connectivity index (χ4n) is 1.13. The van der Waals surface area contributed by atoms with Gasteiger partial charge in [-0.25, -0.2) is 10.4 Å². The number of hydrazine groups is 1.